The van der Waals surface area contributed by atoms with Gasteiger partial charge in [0.05, 0.1) is 24.3 Å². The highest BCUT2D eigenvalue weighted by atomic mass is 19.1. The summed E-state index contributed by atoms with van der Waals surface area (Å²) in [4.78, 5) is 20.6. The van der Waals surface area contributed by atoms with Crippen LogP contribution in [0, 0.1) is 23.6 Å². The number of nitrogens with zero attached hydrogens (tertiary/aromatic N) is 2. The average Bonchev–Trinajstić information content (AvgIpc) is 3.11. The summed E-state index contributed by atoms with van der Waals surface area (Å²) in [6, 6.07) is 6.20. The second-order valence-electron chi connectivity index (χ2n) is 7.20. The highest BCUT2D eigenvalue weighted by Gasteiger charge is 2.46. The van der Waals surface area contributed by atoms with Gasteiger partial charge in [0.15, 0.2) is 0 Å². The van der Waals surface area contributed by atoms with Crippen molar-refractivity contribution in [3.63, 3.8) is 0 Å². The molecule has 2 atom stereocenters. The Balaban J connectivity index is 1.71. The molecule has 1 aromatic rings. The Kier molecular flexibility index (Phi) is 6.12. The van der Waals surface area contributed by atoms with Gasteiger partial charge in [-0.2, -0.15) is 0 Å². The number of oxime groups is 1. The Morgan fingerprint density at radius 3 is 2.96 bits per heavy atom. The zero-order valence-corrected chi connectivity index (χ0v) is 15.6. The van der Waals surface area contributed by atoms with Crippen LogP contribution >= 0.6 is 0 Å². The number of ether oxygens (including phenoxy) is 1. The van der Waals surface area contributed by atoms with Gasteiger partial charge < -0.3 is 9.57 Å². The summed E-state index contributed by atoms with van der Waals surface area (Å²) in [5.41, 5.74) is 0.973. The monoisotopic (exact) mass is 372 g/mol. The van der Waals surface area contributed by atoms with E-state index in [1.165, 1.54) is 12.1 Å². The minimum atomic E-state index is -0.635. The van der Waals surface area contributed by atoms with Gasteiger partial charge in [0.25, 0.3) is 0 Å². The molecule has 0 amide bonds. The number of likely N-dealkylation sites (tertiary alicyclic amines) is 1. The first-order chi connectivity index (χ1) is 13.1. The molecule has 27 heavy (non-hydrogen) atoms. The van der Waals surface area contributed by atoms with E-state index >= 15 is 0 Å². The van der Waals surface area contributed by atoms with Crippen LogP contribution in [0.3, 0.4) is 0 Å². The first-order valence-electron chi connectivity index (χ1n) is 9.38. The third-order valence-corrected chi connectivity index (χ3v) is 5.21. The zero-order valence-electron chi connectivity index (χ0n) is 15.6. The molecule has 5 nitrogen and oxygen atoms in total. The summed E-state index contributed by atoms with van der Waals surface area (Å²) in [5, 5.41) is 4.17. The van der Waals surface area contributed by atoms with Crippen molar-refractivity contribution in [2.45, 2.75) is 38.7 Å². The van der Waals surface area contributed by atoms with Crippen molar-refractivity contribution in [3.05, 3.63) is 35.6 Å². The van der Waals surface area contributed by atoms with Gasteiger partial charge in [-0.25, -0.2) is 4.39 Å². The number of rotatable bonds is 6. The molecule has 0 bridgehead atoms. The van der Waals surface area contributed by atoms with Crippen molar-refractivity contribution in [3.8, 4) is 12.3 Å². The van der Waals surface area contributed by atoms with Gasteiger partial charge >= 0.3 is 5.97 Å². The van der Waals surface area contributed by atoms with Crippen LogP contribution in [-0.4, -0.2) is 48.9 Å². The predicted octanol–water partition coefficient (Wildman–Crippen LogP) is 2.99. The molecule has 6 heteroatoms. The van der Waals surface area contributed by atoms with E-state index in [1.807, 2.05) is 6.92 Å². The molecular formula is C21H25FN2O3. The minimum Gasteiger partial charge on any atom is -0.466 e. The van der Waals surface area contributed by atoms with Crippen molar-refractivity contribution in [2.24, 2.45) is 10.6 Å². The molecule has 2 aliphatic rings. The number of piperidine rings is 1. The minimum absolute atomic E-state index is 0.189. The molecule has 0 unspecified atom stereocenters. The summed E-state index contributed by atoms with van der Waals surface area (Å²) in [6.45, 7) is 4.13. The summed E-state index contributed by atoms with van der Waals surface area (Å²) >= 11 is 0. The summed E-state index contributed by atoms with van der Waals surface area (Å²) in [5.74, 6) is 2.19. The molecule has 144 valence electrons. The maximum Gasteiger partial charge on any atom is 0.313 e. The maximum atomic E-state index is 13.1. The number of esters is 1. The first kappa shape index (κ1) is 19.4. The summed E-state index contributed by atoms with van der Waals surface area (Å²) < 4.78 is 18.5. The largest absolute Gasteiger partial charge is 0.466 e. The van der Waals surface area contributed by atoms with Gasteiger partial charge in [0, 0.05) is 19.4 Å². The van der Waals surface area contributed by atoms with E-state index in [1.54, 1.807) is 12.1 Å². The molecule has 0 aliphatic carbocycles. The number of carbonyl (C=O) groups excluding carboxylic acids is 1. The Labute approximate surface area is 159 Å². The molecule has 0 N–H and O–H groups in total. The third-order valence-electron chi connectivity index (χ3n) is 5.21. The van der Waals surface area contributed by atoms with Gasteiger partial charge in [-0.1, -0.05) is 23.2 Å². The Bertz CT molecular complexity index is 741. The van der Waals surface area contributed by atoms with E-state index in [-0.39, 0.29) is 17.9 Å². The number of halogens is 1. The van der Waals surface area contributed by atoms with Gasteiger partial charge in [-0.15, -0.1) is 6.42 Å². The van der Waals surface area contributed by atoms with Crippen LogP contribution in [0.4, 0.5) is 4.39 Å². The standard InChI is InChI=1S/C21H25FN2O3/c1-3-11-24-12-5-10-21(15-24,20(25)26-4-2)14-18-13-19(23-27-18)16-6-8-17(22)9-7-16/h1,6-9,18H,4-5,10-15H2,2H3/t18-,21+/m0/s1. The summed E-state index contributed by atoms with van der Waals surface area (Å²) in [6.07, 6.45) is 8.00. The van der Waals surface area contributed by atoms with Gasteiger partial charge in [0.2, 0.25) is 0 Å². The Hall–Kier alpha value is -2.39. The molecule has 1 fully saturated rings. The lowest BCUT2D eigenvalue weighted by atomic mass is 9.74. The Morgan fingerprint density at radius 1 is 1.48 bits per heavy atom. The van der Waals surface area contributed by atoms with Crippen LogP contribution in [0.2, 0.25) is 0 Å². The summed E-state index contributed by atoms with van der Waals surface area (Å²) in [7, 11) is 0. The van der Waals surface area contributed by atoms with Crippen LogP contribution in [0.5, 0.6) is 0 Å². The predicted molar refractivity (Wildman–Crippen MR) is 101 cm³/mol. The van der Waals surface area contributed by atoms with E-state index in [0.29, 0.717) is 32.5 Å². The van der Waals surface area contributed by atoms with Gasteiger partial charge in [0.1, 0.15) is 11.9 Å². The van der Waals surface area contributed by atoms with Crippen molar-refractivity contribution >= 4 is 11.7 Å². The van der Waals surface area contributed by atoms with Crippen LogP contribution in [0.15, 0.2) is 29.4 Å². The lowest BCUT2D eigenvalue weighted by Crippen LogP contribution is -2.50. The smallest absolute Gasteiger partial charge is 0.313 e. The lowest BCUT2D eigenvalue weighted by molar-refractivity contribution is -0.162. The highest BCUT2D eigenvalue weighted by Crippen LogP contribution is 2.38. The fourth-order valence-electron chi connectivity index (χ4n) is 3.98. The molecule has 0 saturated carbocycles. The molecule has 2 aliphatic heterocycles. The number of carbonyl (C=O) groups is 1. The third kappa shape index (κ3) is 4.48. The molecule has 3 rings (SSSR count). The van der Waals surface area contributed by atoms with Crippen LogP contribution in [0.25, 0.3) is 0 Å². The second kappa shape index (κ2) is 8.53. The average molecular weight is 372 g/mol. The molecular weight excluding hydrogens is 347 g/mol. The lowest BCUT2D eigenvalue weighted by Gasteiger charge is -2.41. The quantitative estimate of drug-likeness (QED) is 0.569. The van der Waals surface area contributed by atoms with E-state index in [2.05, 4.69) is 16.0 Å². The second-order valence-corrected chi connectivity index (χ2v) is 7.20. The van der Waals surface area contributed by atoms with Gasteiger partial charge in [-0.05, 0) is 44.0 Å². The molecule has 0 aromatic heterocycles. The molecule has 1 aromatic carbocycles. The molecule has 1 saturated heterocycles. The van der Waals surface area contributed by atoms with Crippen molar-refractivity contribution in [1.29, 1.82) is 0 Å². The van der Waals surface area contributed by atoms with E-state index in [9.17, 15) is 9.18 Å². The number of terminal acetylenes is 1. The number of benzene rings is 1. The topological polar surface area (TPSA) is 51.1 Å². The van der Waals surface area contributed by atoms with Crippen LogP contribution in [-0.2, 0) is 14.4 Å². The van der Waals surface area contributed by atoms with Crippen molar-refractivity contribution in [2.75, 3.05) is 26.2 Å². The van der Waals surface area contributed by atoms with E-state index in [4.69, 9.17) is 16.0 Å². The maximum absolute atomic E-state index is 13.1. The molecule has 0 spiro atoms. The van der Waals surface area contributed by atoms with Crippen molar-refractivity contribution < 1.29 is 18.8 Å². The zero-order chi connectivity index (χ0) is 19.3. The number of hydrogen-bond acceptors (Lipinski definition) is 5. The highest BCUT2D eigenvalue weighted by molar-refractivity contribution is 6.01. The fraction of sp³-hybridized carbons (Fsp3) is 0.524. The first-order valence-corrected chi connectivity index (χ1v) is 9.38. The SMILES string of the molecule is C#CCN1CCC[C@](C[C@@H]2CC(c3ccc(F)cc3)=NO2)(C(=O)OCC)C1. The number of hydrogen-bond donors (Lipinski definition) is 0. The Morgan fingerprint density at radius 2 is 2.26 bits per heavy atom. The van der Waals surface area contributed by atoms with Crippen LogP contribution in [0.1, 0.15) is 38.2 Å². The van der Waals surface area contributed by atoms with E-state index < -0.39 is 5.41 Å². The van der Waals surface area contributed by atoms with Crippen LogP contribution < -0.4 is 0 Å². The van der Waals surface area contributed by atoms with Crippen molar-refractivity contribution in [1.82, 2.24) is 4.90 Å². The van der Waals surface area contributed by atoms with E-state index in [0.717, 1.165) is 30.7 Å². The molecule has 0 radical (unpaired) electrons. The normalized spacial score (nSPS) is 25.4. The fourth-order valence-corrected chi connectivity index (χ4v) is 3.98. The molecule has 2 heterocycles. The van der Waals surface area contributed by atoms with Gasteiger partial charge in [-0.3, -0.25) is 9.69 Å².